The van der Waals surface area contributed by atoms with Crippen LogP contribution < -0.4 is 5.32 Å². The maximum Gasteiger partial charge on any atom is 0.271 e. The van der Waals surface area contributed by atoms with Gasteiger partial charge in [-0.05, 0) is 12.1 Å². The van der Waals surface area contributed by atoms with Crippen LogP contribution >= 0.6 is 0 Å². The predicted octanol–water partition coefficient (Wildman–Crippen LogP) is 0.0889. The van der Waals surface area contributed by atoms with Crippen molar-refractivity contribution < 1.29 is 4.79 Å². The Labute approximate surface area is 74.4 Å². The van der Waals surface area contributed by atoms with E-state index < -0.39 is 0 Å². The lowest BCUT2D eigenvalue weighted by Gasteiger charge is -1.96. The molecule has 0 aromatic carbocycles. The molecular formula is C8H8N4O. The van der Waals surface area contributed by atoms with Crippen molar-refractivity contribution in [3.8, 4) is 0 Å². The molecule has 5 nitrogen and oxygen atoms in total. The summed E-state index contributed by atoms with van der Waals surface area (Å²) in [6, 6.07) is 3.56. The molecule has 0 aliphatic rings. The van der Waals surface area contributed by atoms with Crippen LogP contribution in [0, 0.1) is 0 Å². The van der Waals surface area contributed by atoms with Crippen LogP contribution in [0.15, 0.2) is 24.5 Å². The molecule has 0 spiro atoms. The summed E-state index contributed by atoms with van der Waals surface area (Å²) in [5, 5.41) is 6.52. The number of rotatable bonds is 1. The maximum atomic E-state index is 11.3. The van der Waals surface area contributed by atoms with Crippen LogP contribution in [0.4, 0.5) is 0 Å². The minimum absolute atomic E-state index is 0.189. The lowest BCUT2D eigenvalue weighted by molar-refractivity contribution is 0.0956. The summed E-state index contributed by atoms with van der Waals surface area (Å²) < 4.78 is 1.50. The van der Waals surface area contributed by atoms with Crippen molar-refractivity contribution in [1.29, 1.82) is 0 Å². The molecule has 2 rings (SSSR count). The molecule has 1 amide bonds. The molecule has 13 heavy (non-hydrogen) atoms. The van der Waals surface area contributed by atoms with E-state index in [0.29, 0.717) is 11.3 Å². The van der Waals surface area contributed by atoms with Crippen LogP contribution in [0.1, 0.15) is 10.5 Å². The molecule has 2 aromatic rings. The van der Waals surface area contributed by atoms with E-state index in [1.807, 2.05) is 0 Å². The third-order valence-electron chi connectivity index (χ3n) is 1.74. The Bertz CT molecular complexity index is 448. The number of nitrogens with zero attached hydrogens (tertiary/aromatic N) is 3. The van der Waals surface area contributed by atoms with Gasteiger partial charge in [0.25, 0.3) is 5.91 Å². The molecule has 0 unspecified atom stereocenters. The summed E-state index contributed by atoms with van der Waals surface area (Å²) in [7, 11) is 1.57. The molecule has 1 N–H and O–H groups in total. The van der Waals surface area contributed by atoms with E-state index in [4.69, 9.17) is 0 Å². The first-order valence-electron chi connectivity index (χ1n) is 3.84. The van der Waals surface area contributed by atoms with Gasteiger partial charge in [0.2, 0.25) is 0 Å². The molecule has 0 saturated carbocycles. The maximum absolute atomic E-state index is 11.3. The minimum atomic E-state index is -0.189. The van der Waals surface area contributed by atoms with Crippen LogP contribution in [0.2, 0.25) is 0 Å². The number of hydrogen-bond donors (Lipinski definition) is 1. The molecule has 0 atom stereocenters. The summed E-state index contributed by atoms with van der Waals surface area (Å²) >= 11 is 0. The highest BCUT2D eigenvalue weighted by molar-refractivity contribution is 5.92. The van der Waals surface area contributed by atoms with E-state index in [0.717, 1.165) is 0 Å². The van der Waals surface area contributed by atoms with E-state index in [-0.39, 0.29) is 5.91 Å². The van der Waals surface area contributed by atoms with Gasteiger partial charge in [0.1, 0.15) is 5.69 Å². The monoisotopic (exact) mass is 176 g/mol. The van der Waals surface area contributed by atoms with Crippen molar-refractivity contribution in [2.75, 3.05) is 7.05 Å². The number of hydrogen-bond acceptors (Lipinski definition) is 3. The first-order chi connectivity index (χ1) is 6.33. The normalized spacial score (nSPS) is 10.2. The average molecular weight is 176 g/mol. The van der Waals surface area contributed by atoms with Crippen molar-refractivity contribution >= 4 is 11.6 Å². The molecule has 0 bridgehead atoms. The Morgan fingerprint density at radius 3 is 3.23 bits per heavy atom. The van der Waals surface area contributed by atoms with Gasteiger partial charge < -0.3 is 5.32 Å². The average Bonchev–Trinajstić information content (AvgIpc) is 2.60. The quantitative estimate of drug-likeness (QED) is 0.669. The molecule has 0 aliphatic carbocycles. The fourth-order valence-electron chi connectivity index (χ4n) is 1.11. The molecule has 5 heteroatoms. The highest BCUT2D eigenvalue weighted by Crippen LogP contribution is 2.02. The number of nitrogens with one attached hydrogen (secondary N) is 1. The summed E-state index contributed by atoms with van der Waals surface area (Å²) in [4.78, 5) is 15.3. The van der Waals surface area contributed by atoms with Gasteiger partial charge in [-0.25, -0.2) is 9.50 Å². The predicted molar refractivity (Wildman–Crippen MR) is 46.4 cm³/mol. The van der Waals surface area contributed by atoms with E-state index in [2.05, 4.69) is 15.4 Å². The van der Waals surface area contributed by atoms with Gasteiger partial charge in [0.15, 0.2) is 5.65 Å². The third-order valence-corrected chi connectivity index (χ3v) is 1.74. The lowest BCUT2D eigenvalue weighted by atomic mass is 10.4. The molecular weight excluding hydrogens is 168 g/mol. The van der Waals surface area contributed by atoms with E-state index in [9.17, 15) is 4.79 Å². The van der Waals surface area contributed by atoms with Gasteiger partial charge in [-0.15, -0.1) is 0 Å². The zero-order valence-corrected chi connectivity index (χ0v) is 7.06. The van der Waals surface area contributed by atoms with Crippen LogP contribution in [-0.4, -0.2) is 27.6 Å². The summed E-state index contributed by atoms with van der Waals surface area (Å²) in [5.41, 5.74) is 1.11. The molecule has 0 aliphatic heterocycles. The van der Waals surface area contributed by atoms with Crippen LogP contribution in [0.5, 0.6) is 0 Å². The first kappa shape index (κ1) is 7.72. The Kier molecular flexibility index (Phi) is 1.70. The van der Waals surface area contributed by atoms with Gasteiger partial charge in [-0.3, -0.25) is 4.79 Å². The van der Waals surface area contributed by atoms with Gasteiger partial charge in [-0.1, -0.05) is 0 Å². The Morgan fingerprint density at radius 2 is 2.46 bits per heavy atom. The highest BCUT2D eigenvalue weighted by Gasteiger charge is 2.09. The Morgan fingerprint density at radius 1 is 1.62 bits per heavy atom. The van der Waals surface area contributed by atoms with Crippen LogP contribution in [-0.2, 0) is 0 Å². The zero-order chi connectivity index (χ0) is 9.26. The van der Waals surface area contributed by atoms with Gasteiger partial charge in [-0.2, -0.15) is 5.10 Å². The second kappa shape index (κ2) is 2.85. The molecule has 0 fully saturated rings. The Balaban J connectivity index is 2.64. The summed E-state index contributed by atoms with van der Waals surface area (Å²) in [6.07, 6.45) is 3.11. The van der Waals surface area contributed by atoms with Crippen LogP contribution in [0.3, 0.4) is 0 Å². The van der Waals surface area contributed by atoms with E-state index in [1.54, 1.807) is 25.4 Å². The topological polar surface area (TPSA) is 59.3 Å². The molecule has 2 aromatic heterocycles. The second-order valence-corrected chi connectivity index (χ2v) is 2.52. The second-order valence-electron chi connectivity index (χ2n) is 2.52. The Hall–Kier alpha value is -1.91. The molecule has 2 heterocycles. The SMILES string of the molecule is CNC(=O)c1cnc2cccnn12. The summed E-state index contributed by atoms with van der Waals surface area (Å²) in [6.45, 7) is 0. The van der Waals surface area contributed by atoms with Crippen molar-refractivity contribution in [3.63, 3.8) is 0 Å². The number of carbonyl (C=O) groups excluding carboxylic acids is 1. The number of imidazole rings is 1. The van der Waals surface area contributed by atoms with Gasteiger partial charge >= 0.3 is 0 Å². The van der Waals surface area contributed by atoms with Crippen molar-refractivity contribution in [2.45, 2.75) is 0 Å². The van der Waals surface area contributed by atoms with Crippen molar-refractivity contribution in [3.05, 3.63) is 30.2 Å². The van der Waals surface area contributed by atoms with Crippen LogP contribution in [0.25, 0.3) is 5.65 Å². The van der Waals surface area contributed by atoms with Crippen molar-refractivity contribution in [1.82, 2.24) is 19.9 Å². The zero-order valence-electron chi connectivity index (χ0n) is 7.06. The lowest BCUT2D eigenvalue weighted by Crippen LogP contribution is -2.20. The van der Waals surface area contributed by atoms with Crippen molar-refractivity contribution in [2.24, 2.45) is 0 Å². The van der Waals surface area contributed by atoms with Gasteiger partial charge in [0, 0.05) is 13.2 Å². The first-order valence-corrected chi connectivity index (χ1v) is 3.84. The highest BCUT2D eigenvalue weighted by atomic mass is 16.1. The number of carbonyl (C=O) groups is 1. The number of amides is 1. The fraction of sp³-hybridized carbons (Fsp3) is 0.125. The smallest absolute Gasteiger partial charge is 0.271 e. The third kappa shape index (κ3) is 1.14. The number of aromatic nitrogens is 3. The number of fused-ring (bicyclic) bond motifs is 1. The summed E-state index contributed by atoms with van der Waals surface area (Å²) in [5.74, 6) is -0.189. The standard InChI is InChI=1S/C8H8N4O/c1-9-8(13)6-5-10-7-3-2-4-11-12(6)7/h2-5H,1H3,(H,9,13). The van der Waals surface area contributed by atoms with Gasteiger partial charge in [0.05, 0.1) is 6.20 Å². The molecule has 0 saturated heterocycles. The molecule has 66 valence electrons. The molecule has 0 radical (unpaired) electrons. The largest absolute Gasteiger partial charge is 0.354 e. The minimum Gasteiger partial charge on any atom is -0.354 e. The van der Waals surface area contributed by atoms with E-state index in [1.165, 1.54) is 10.7 Å². The fourth-order valence-corrected chi connectivity index (χ4v) is 1.11. The van der Waals surface area contributed by atoms with E-state index >= 15 is 0 Å².